The lowest BCUT2D eigenvalue weighted by atomic mass is 10.0. The molecule has 1 N–H and O–H groups in total. The Morgan fingerprint density at radius 2 is 0.722 bits per heavy atom. The van der Waals surface area contributed by atoms with Crippen LogP contribution in [0.1, 0.15) is 19.8 Å². The first-order valence-corrected chi connectivity index (χ1v) is 8.76. The van der Waals surface area contributed by atoms with Crippen molar-refractivity contribution < 1.29 is 93.6 Å². The van der Waals surface area contributed by atoms with Gasteiger partial charge in [-0.25, -0.2) is 0 Å². The zero-order valence-corrected chi connectivity index (χ0v) is 17.1. The van der Waals surface area contributed by atoms with Gasteiger partial charge in [0.2, 0.25) is 0 Å². The maximum atomic E-state index is 13.4. The lowest BCUT2D eigenvalue weighted by molar-refractivity contribution is -0.399. The first-order chi connectivity index (χ1) is 15.5. The molecule has 3 nitrogen and oxygen atoms in total. The standard InChI is InChI=1S/C15H14F18O3/c1-7(6-34,35-4-2-8(16,17)10(20,21)12(24,25)14(28,29)30)36-5-3-9(18,19)11(22,23)13(26,27)15(31,32)33/h34H,2-6H2,1H3. The van der Waals surface area contributed by atoms with Crippen LogP contribution >= 0.6 is 0 Å². The zero-order chi connectivity index (χ0) is 29.4. The van der Waals surface area contributed by atoms with Crippen molar-refractivity contribution >= 4 is 0 Å². The van der Waals surface area contributed by atoms with Crippen molar-refractivity contribution in [1.29, 1.82) is 0 Å². The van der Waals surface area contributed by atoms with E-state index in [-0.39, 0.29) is 0 Å². The average molecular weight is 584 g/mol. The van der Waals surface area contributed by atoms with E-state index in [1.165, 1.54) is 0 Å². The van der Waals surface area contributed by atoms with Crippen molar-refractivity contribution in [2.75, 3.05) is 19.8 Å². The minimum Gasteiger partial charge on any atom is -0.391 e. The van der Waals surface area contributed by atoms with E-state index < -0.39 is 86.3 Å². The average Bonchev–Trinajstić information content (AvgIpc) is 2.65. The molecule has 0 heterocycles. The third-order valence-electron chi connectivity index (χ3n) is 4.35. The summed E-state index contributed by atoms with van der Waals surface area (Å²) in [5.74, 6) is -43.9. The minimum atomic E-state index is -7.25. The van der Waals surface area contributed by atoms with Gasteiger partial charge in [-0.05, 0) is 6.92 Å². The van der Waals surface area contributed by atoms with Crippen LogP contribution in [-0.4, -0.2) is 78.6 Å². The van der Waals surface area contributed by atoms with Gasteiger partial charge >= 0.3 is 47.9 Å². The molecule has 0 aromatic heterocycles. The Balaban J connectivity index is 5.33. The zero-order valence-electron chi connectivity index (χ0n) is 17.1. The number of halogens is 18. The fourth-order valence-corrected chi connectivity index (χ4v) is 2.05. The molecule has 0 aliphatic carbocycles. The van der Waals surface area contributed by atoms with Gasteiger partial charge in [-0.2, -0.15) is 79.0 Å². The molecule has 0 rings (SSSR count). The number of alkyl halides is 18. The van der Waals surface area contributed by atoms with Crippen molar-refractivity contribution in [2.45, 2.75) is 73.4 Å². The molecular formula is C15H14F18O3. The third-order valence-corrected chi connectivity index (χ3v) is 4.35. The highest BCUT2D eigenvalue weighted by Crippen LogP contribution is 2.55. The van der Waals surface area contributed by atoms with Crippen LogP contribution in [0, 0.1) is 0 Å². The SMILES string of the molecule is CC(CO)(OCCC(F)(F)C(F)(F)C(F)(F)C(F)(F)F)OCCC(F)(F)C(F)(F)C(F)(F)C(F)(F)F. The number of aliphatic hydroxyl groups excluding tert-OH is 1. The van der Waals surface area contributed by atoms with Gasteiger partial charge in [0.05, 0.1) is 19.8 Å². The second-order valence-corrected chi connectivity index (χ2v) is 7.19. The number of hydrogen-bond donors (Lipinski definition) is 1. The van der Waals surface area contributed by atoms with Crippen LogP contribution in [0.15, 0.2) is 0 Å². The molecule has 0 aromatic carbocycles. The molecular weight excluding hydrogens is 570 g/mol. The van der Waals surface area contributed by atoms with Crippen LogP contribution in [0.5, 0.6) is 0 Å². The molecule has 0 spiro atoms. The topological polar surface area (TPSA) is 38.7 Å². The molecule has 0 amide bonds. The molecule has 0 saturated heterocycles. The fourth-order valence-electron chi connectivity index (χ4n) is 2.05. The maximum Gasteiger partial charge on any atom is 0.460 e. The smallest absolute Gasteiger partial charge is 0.391 e. The van der Waals surface area contributed by atoms with Crippen molar-refractivity contribution in [3.63, 3.8) is 0 Å². The van der Waals surface area contributed by atoms with Crippen molar-refractivity contribution in [3.8, 4) is 0 Å². The van der Waals surface area contributed by atoms with Gasteiger partial charge in [-0.3, -0.25) is 0 Å². The molecule has 21 heteroatoms. The third kappa shape index (κ3) is 6.36. The van der Waals surface area contributed by atoms with E-state index in [1.807, 2.05) is 0 Å². The van der Waals surface area contributed by atoms with E-state index in [4.69, 9.17) is 5.11 Å². The molecule has 0 radical (unpaired) electrons. The van der Waals surface area contributed by atoms with E-state index >= 15 is 0 Å². The van der Waals surface area contributed by atoms with E-state index in [9.17, 15) is 79.0 Å². The van der Waals surface area contributed by atoms with Crippen LogP contribution in [0.4, 0.5) is 79.0 Å². The Kier molecular flexibility index (Phi) is 9.68. The second kappa shape index (κ2) is 10.1. The second-order valence-electron chi connectivity index (χ2n) is 7.19. The summed E-state index contributed by atoms with van der Waals surface area (Å²) in [7, 11) is 0. The summed E-state index contributed by atoms with van der Waals surface area (Å²) in [6.07, 6.45) is -19.6. The highest BCUT2D eigenvalue weighted by Gasteiger charge is 2.82. The molecule has 0 aliphatic rings. The summed E-state index contributed by atoms with van der Waals surface area (Å²) in [6, 6.07) is 0. The molecule has 36 heavy (non-hydrogen) atoms. The van der Waals surface area contributed by atoms with Gasteiger partial charge in [0.25, 0.3) is 0 Å². The molecule has 0 aromatic rings. The van der Waals surface area contributed by atoms with Gasteiger partial charge < -0.3 is 14.6 Å². The minimum absolute atomic E-state index is 0.355. The first-order valence-electron chi connectivity index (χ1n) is 8.76. The van der Waals surface area contributed by atoms with Gasteiger partial charge in [-0.1, -0.05) is 0 Å². The van der Waals surface area contributed by atoms with Gasteiger partial charge in [0.15, 0.2) is 5.79 Å². The summed E-state index contributed by atoms with van der Waals surface area (Å²) >= 11 is 0. The predicted octanol–water partition coefficient (Wildman–Crippen LogP) is 6.44. The van der Waals surface area contributed by atoms with Crippen molar-refractivity contribution in [1.82, 2.24) is 0 Å². The predicted molar refractivity (Wildman–Crippen MR) is 78.4 cm³/mol. The molecule has 0 aliphatic heterocycles. The summed E-state index contributed by atoms with van der Waals surface area (Å²) in [5, 5.41) is 8.98. The van der Waals surface area contributed by atoms with E-state index in [0.29, 0.717) is 6.92 Å². The lowest BCUT2D eigenvalue weighted by Gasteiger charge is -2.35. The molecule has 0 fully saturated rings. The van der Waals surface area contributed by atoms with E-state index in [2.05, 4.69) is 9.47 Å². The summed E-state index contributed by atoms with van der Waals surface area (Å²) in [4.78, 5) is 0. The van der Waals surface area contributed by atoms with Gasteiger partial charge in [0.1, 0.15) is 0 Å². The Labute approximate surface area is 188 Å². The van der Waals surface area contributed by atoms with Crippen molar-refractivity contribution in [3.05, 3.63) is 0 Å². The van der Waals surface area contributed by atoms with Crippen LogP contribution < -0.4 is 0 Å². The Hall–Kier alpha value is -1.38. The van der Waals surface area contributed by atoms with Crippen LogP contribution in [0.2, 0.25) is 0 Å². The summed E-state index contributed by atoms with van der Waals surface area (Å²) < 4.78 is 238. The Morgan fingerprint density at radius 1 is 0.472 bits per heavy atom. The summed E-state index contributed by atoms with van der Waals surface area (Å²) in [6.45, 7) is -5.28. The summed E-state index contributed by atoms with van der Waals surface area (Å²) in [5.41, 5.74) is 0. The van der Waals surface area contributed by atoms with Crippen LogP contribution in [-0.2, 0) is 9.47 Å². The van der Waals surface area contributed by atoms with Crippen LogP contribution in [0.25, 0.3) is 0 Å². The maximum absolute atomic E-state index is 13.4. The molecule has 0 unspecified atom stereocenters. The largest absolute Gasteiger partial charge is 0.460 e. The number of aliphatic hydroxyl groups is 1. The number of ether oxygens (including phenoxy) is 2. The van der Waals surface area contributed by atoms with Gasteiger partial charge in [-0.15, -0.1) is 0 Å². The first kappa shape index (κ1) is 34.6. The highest BCUT2D eigenvalue weighted by molar-refractivity contribution is 5.01. The van der Waals surface area contributed by atoms with E-state index in [1.54, 1.807) is 0 Å². The van der Waals surface area contributed by atoms with Crippen molar-refractivity contribution in [2.24, 2.45) is 0 Å². The quantitative estimate of drug-likeness (QED) is 0.200. The molecule has 218 valence electrons. The Morgan fingerprint density at radius 3 is 0.917 bits per heavy atom. The molecule has 0 saturated carbocycles. The number of hydrogen-bond acceptors (Lipinski definition) is 3. The normalized spacial score (nSPS) is 16.0. The molecule has 0 bridgehead atoms. The monoisotopic (exact) mass is 584 g/mol. The van der Waals surface area contributed by atoms with Crippen LogP contribution in [0.3, 0.4) is 0 Å². The van der Waals surface area contributed by atoms with E-state index in [0.717, 1.165) is 0 Å². The Bertz CT molecular complexity index is 670. The number of rotatable bonds is 13. The molecule has 0 atom stereocenters. The van der Waals surface area contributed by atoms with Gasteiger partial charge in [0, 0.05) is 12.8 Å². The fraction of sp³-hybridized carbons (Fsp3) is 1.00. The highest BCUT2D eigenvalue weighted by atomic mass is 19.4. The lowest BCUT2D eigenvalue weighted by Crippen LogP contribution is -2.61.